The molecule has 0 bridgehead atoms. The van der Waals surface area contributed by atoms with Crippen LogP contribution in [0.5, 0.6) is 0 Å². The van der Waals surface area contributed by atoms with Crippen LogP contribution >= 0.6 is 0 Å². The third kappa shape index (κ3) is 4.34. The summed E-state index contributed by atoms with van der Waals surface area (Å²) in [5, 5.41) is 24.4. The van der Waals surface area contributed by atoms with E-state index in [2.05, 4.69) is 5.10 Å². The topological polar surface area (TPSA) is 150 Å². The minimum Gasteiger partial charge on any atom is -0.692 e. The van der Waals surface area contributed by atoms with E-state index in [4.69, 9.17) is 5.21 Å². The number of aryl methyl sites for hydroxylation is 1. The first-order valence-electron chi connectivity index (χ1n) is 9.16. The molecule has 0 saturated heterocycles. The highest BCUT2D eigenvalue weighted by atomic mass is 32.2. The molecular weight excluding hydrogens is 426 g/mol. The van der Waals surface area contributed by atoms with Crippen molar-refractivity contribution in [2.45, 2.75) is 24.6 Å². The Balaban J connectivity index is 1.81. The molecule has 164 valence electrons. The summed E-state index contributed by atoms with van der Waals surface area (Å²) < 4.78 is 23.5. The van der Waals surface area contributed by atoms with Crippen molar-refractivity contribution in [3.8, 4) is 16.8 Å². The zero-order chi connectivity index (χ0) is 22.8. The van der Waals surface area contributed by atoms with Crippen LogP contribution < -0.4 is 15.9 Å². The van der Waals surface area contributed by atoms with E-state index in [0.717, 1.165) is 11.8 Å². The van der Waals surface area contributed by atoms with Gasteiger partial charge in [-0.05, 0) is 47.5 Å². The predicted octanol–water partition coefficient (Wildman–Crippen LogP) is 0.0332. The van der Waals surface area contributed by atoms with E-state index in [9.17, 15) is 23.2 Å². The second-order valence-electron chi connectivity index (χ2n) is 7.19. The molecule has 0 radical (unpaired) electrons. The molecule has 0 spiro atoms. The van der Waals surface area contributed by atoms with Crippen molar-refractivity contribution < 1.29 is 23.3 Å². The van der Waals surface area contributed by atoms with Gasteiger partial charge in [-0.3, -0.25) is 14.8 Å². The monoisotopic (exact) mass is 447 g/mol. The summed E-state index contributed by atoms with van der Waals surface area (Å²) in [5.74, 6) is -1.06. The van der Waals surface area contributed by atoms with Gasteiger partial charge >= 0.3 is 0 Å². The molecule has 12 heteroatoms. The molecule has 11 nitrogen and oxygen atoms in total. The molecule has 0 aliphatic heterocycles. The molecule has 3 rings (SSSR count). The number of carbonyl (C=O) groups excluding carboxylic acids is 1. The SMILES string of the molecule is C[C@@](CCn1ccc(-c2ccc(-n3ncc[n+]3[O-])cc2)cc1=O)(C(=O)NO)S(C)(=O)=O. The highest BCUT2D eigenvalue weighted by molar-refractivity contribution is 7.92. The van der Waals surface area contributed by atoms with E-state index < -0.39 is 20.5 Å². The van der Waals surface area contributed by atoms with Crippen molar-refractivity contribution >= 4 is 15.7 Å². The van der Waals surface area contributed by atoms with Crippen molar-refractivity contribution in [1.29, 1.82) is 0 Å². The Bertz CT molecular complexity index is 1270. The number of nitrogens with one attached hydrogen (secondary N) is 1. The number of hydroxylamine groups is 1. The molecule has 0 aliphatic carbocycles. The second kappa shape index (κ2) is 8.32. The van der Waals surface area contributed by atoms with Crippen LogP contribution in [0.4, 0.5) is 0 Å². The Kier molecular flexibility index (Phi) is 5.95. The van der Waals surface area contributed by atoms with Crippen molar-refractivity contribution in [2.75, 3.05) is 6.26 Å². The average Bonchev–Trinajstić information content (AvgIpc) is 3.17. The van der Waals surface area contributed by atoms with Crippen molar-refractivity contribution in [1.82, 2.24) is 19.9 Å². The Morgan fingerprint density at radius 3 is 2.45 bits per heavy atom. The summed E-state index contributed by atoms with van der Waals surface area (Å²) in [6, 6.07) is 9.92. The molecule has 1 atom stereocenters. The van der Waals surface area contributed by atoms with Crippen molar-refractivity contribution in [3.63, 3.8) is 0 Å². The number of hydrogen-bond donors (Lipinski definition) is 2. The van der Waals surface area contributed by atoms with Gasteiger partial charge in [-0.15, -0.1) is 0 Å². The van der Waals surface area contributed by atoms with E-state index in [1.807, 2.05) is 0 Å². The van der Waals surface area contributed by atoms with Gasteiger partial charge in [-0.1, -0.05) is 12.1 Å². The molecular formula is C19H21N5O6S. The van der Waals surface area contributed by atoms with E-state index in [-0.39, 0.29) is 18.5 Å². The van der Waals surface area contributed by atoms with Gasteiger partial charge in [0, 0.05) is 30.2 Å². The fourth-order valence-corrected chi connectivity index (χ4v) is 3.87. The van der Waals surface area contributed by atoms with Crippen molar-refractivity contribution in [3.05, 3.63) is 70.5 Å². The number of nitrogens with zero attached hydrogens (tertiary/aromatic N) is 4. The summed E-state index contributed by atoms with van der Waals surface area (Å²) in [5.41, 5.74) is 2.91. The van der Waals surface area contributed by atoms with Crippen LogP contribution in [0.25, 0.3) is 16.8 Å². The van der Waals surface area contributed by atoms with E-state index in [0.29, 0.717) is 16.1 Å². The fraction of sp³-hybridized carbons (Fsp3) is 0.263. The van der Waals surface area contributed by atoms with Crippen LogP contribution in [-0.4, -0.2) is 45.0 Å². The van der Waals surface area contributed by atoms with Gasteiger partial charge < -0.3 is 9.77 Å². The van der Waals surface area contributed by atoms with Crippen LogP contribution in [-0.2, 0) is 21.2 Å². The number of benzene rings is 1. The first-order valence-corrected chi connectivity index (χ1v) is 11.0. The Labute approximate surface area is 177 Å². The summed E-state index contributed by atoms with van der Waals surface area (Å²) in [7, 11) is -3.85. The second-order valence-corrected chi connectivity index (χ2v) is 9.64. The smallest absolute Gasteiger partial charge is 0.264 e. The van der Waals surface area contributed by atoms with Crippen LogP contribution in [0.3, 0.4) is 0 Å². The highest BCUT2D eigenvalue weighted by Gasteiger charge is 2.43. The number of hydrogen-bond acceptors (Lipinski definition) is 7. The van der Waals surface area contributed by atoms with Crippen LogP contribution in [0, 0.1) is 5.21 Å². The lowest BCUT2D eigenvalue weighted by Gasteiger charge is -2.25. The van der Waals surface area contributed by atoms with E-state index in [1.54, 1.807) is 30.3 Å². The van der Waals surface area contributed by atoms with Gasteiger partial charge in [0.15, 0.2) is 20.8 Å². The zero-order valence-electron chi connectivity index (χ0n) is 16.8. The molecule has 2 N–H and O–H groups in total. The fourth-order valence-electron chi connectivity index (χ4n) is 3.02. The molecule has 2 aromatic heterocycles. The standard InChI is InChI=1S/C19H21N5O6S/c1-19(18(26)21-27,31(2,29)30)8-11-22-10-7-15(13-17(22)25)14-3-5-16(6-4-14)24-20-9-12-23(24)28/h3-7,9-10,12-13,27H,8,11H2,1-2H3,(H,21,26)/t19-/m1/s1. The zero-order valence-corrected chi connectivity index (χ0v) is 17.6. The number of pyridine rings is 1. The number of carbonyl (C=O) groups is 1. The maximum atomic E-state index is 12.5. The van der Waals surface area contributed by atoms with Gasteiger partial charge in [0.05, 0.1) is 0 Å². The lowest BCUT2D eigenvalue weighted by Crippen LogP contribution is -2.49. The molecule has 2 heterocycles. The molecule has 0 aliphatic rings. The van der Waals surface area contributed by atoms with Crippen molar-refractivity contribution in [2.24, 2.45) is 0 Å². The lowest BCUT2D eigenvalue weighted by molar-refractivity contribution is -0.688. The van der Waals surface area contributed by atoms with Gasteiger partial charge in [-0.25, -0.2) is 13.9 Å². The Hall–Kier alpha value is -3.51. The minimum atomic E-state index is -3.85. The van der Waals surface area contributed by atoms with Gasteiger partial charge in [0.25, 0.3) is 11.5 Å². The summed E-state index contributed by atoms with van der Waals surface area (Å²) >= 11 is 0. The molecule has 0 saturated carbocycles. The highest BCUT2D eigenvalue weighted by Crippen LogP contribution is 2.23. The summed E-state index contributed by atoms with van der Waals surface area (Å²) in [6.07, 6.45) is 4.84. The quantitative estimate of drug-likeness (QED) is 0.224. The summed E-state index contributed by atoms with van der Waals surface area (Å²) in [4.78, 5) is 26.2. The summed E-state index contributed by atoms with van der Waals surface area (Å²) in [6.45, 7) is 1.15. The first-order chi connectivity index (χ1) is 14.6. The van der Waals surface area contributed by atoms with Gasteiger partial charge in [0.1, 0.15) is 5.69 Å². The molecule has 1 aromatic carbocycles. The molecule has 3 aromatic rings. The Morgan fingerprint density at radius 1 is 1.26 bits per heavy atom. The predicted molar refractivity (Wildman–Crippen MR) is 110 cm³/mol. The average molecular weight is 447 g/mol. The molecule has 1 amide bonds. The molecule has 0 unspecified atom stereocenters. The minimum absolute atomic E-state index is 0.0438. The van der Waals surface area contributed by atoms with E-state index >= 15 is 0 Å². The van der Waals surface area contributed by atoms with Gasteiger partial charge in [0.2, 0.25) is 6.20 Å². The number of amides is 1. The van der Waals surface area contributed by atoms with Gasteiger partial charge in [-0.2, -0.15) is 4.85 Å². The largest absolute Gasteiger partial charge is 0.692 e. The molecule has 31 heavy (non-hydrogen) atoms. The number of rotatable bonds is 7. The van der Waals surface area contributed by atoms with Crippen LogP contribution in [0.1, 0.15) is 13.3 Å². The number of aromatic nitrogens is 4. The third-order valence-corrected chi connectivity index (χ3v) is 7.24. The third-order valence-electron chi connectivity index (χ3n) is 5.21. The van der Waals surface area contributed by atoms with E-state index in [1.165, 1.54) is 46.4 Å². The Morgan fingerprint density at radius 2 is 1.94 bits per heavy atom. The number of sulfone groups is 1. The van der Waals surface area contributed by atoms with Crippen LogP contribution in [0.15, 0.2) is 59.8 Å². The molecule has 0 fully saturated rings. The maximum absolute atomic E-state index is 12.5. The first kappa shape index (κ1) is 22.2. The normalized spacial score (nSPS) is 13.5. The lowest BCUT2D eigenvalue weighted by atomic mass is 10.1. The maximum Gasteiger partial charge on any atom is 0.264 e. The van der Waals surface area contributed by atoms with Crippen LogP contribution in [0.2, 0.25) is 0 Å².